The molecule has 4 aliphatic rings. The lowest BCUT2D eigenvalue weighted by molar-refractivity contribution is -0.215. The van der Waals surface area contributed by atoms with E-state index in [1.165, 1.54) is 50.5 Å². The molecule has 0 aliphatic heterocycles. The van der Waals surface area contributed by atoms with Crippen molar-refractivity contribution in [1.29, 1.82) is 0 Å². The number of carbonyl (C=O) groups is 1. The Bertz CT molecular complexity index is 832. The second kappa shape index (κ2) is 9.39. The van der Waals surface area contributed by atoms with Gasteiger partial charge in [-0.25, -0.2) is 4.79 Å². The lowest BCUT2D eigenvalue weighted by Gasteiger charge is -2.59. The Morgan fingerprint density at radius 2 is 1.74 bits per heavy atom. The van der Waals surface area contributed by atoms with Crippen LogP contribution in [0.3, 0.4) is 0 Å². The zero-order chi connectivity index (χ0) is 25.8. The Labute approximate surface area is 210 Å². The first-order valence-corrected chi connectivity index (χ1v) is 14.2. The quantitative estimate of drug-likeness (QED) is 0.271. The van der Waals surface area contributed by atoms with Crippen molar-refractivity contribution >= 4 is 5.97 Å². The predicted octanol–water partition coefficient (Wildman–Crippen LogP) is 8.89. The van der Waals surface area contributed by atoms with Crippen LogP contribution in [0.15, 0.2) is 11.6 Å². The minimum atomic E-state index is -4.94. The number of fused-ring (bicyclic) bond motifs is 5. The van der Waals surface area contributed by atoms with Crippen LogP contribution in [0.5, 0.6) is 0 Å². The van der Waals surface area contributed by atoms with Gasteiger partial charge in [0.05, 0.1) is 0 Å². The van der Waals surface area contributed by atoms with Crippen molar-refractivity contribution < 1.29 is 22.7 Å². The summed E-state index contributed by atoms with van der Waals surface area (Å²) < 4.78 is 43.6. The lowest BCUT2D eigenvalue weighted by atomic mass is 9.46. The fourth-order valence-electron chi connectivity index (χ4n) is 9.19. The van der Waals surface area contributed by atoms with Crippen LogP contribution in [-0.4, -0.2) is 17.7 Å². The number of ether oxygens (including phenoxy) is 1. The number of alkyl halides is 3. The molecule has 0 aromatic rings. The fraction of sp³-hybridized carbons (Fsp3) is 0.900. The van der Waals surface area contributed by atoms with E-state index in [0.717, 1.165) is 36.5 Å². The van der Waals surface area contributed by atoms with Crippen LogP contribution in [0.1, 0.15) is 112 Å². The van der Waals surface area contributed by atoms with Crippen LogP contribution in [0.4, 0.5) is 13.2 Å². The number of esters is 1. The summed E-state index contributed by atoms with van der Waals surface area (Å²) >= 11 is 0. The molecule has 8 atom stereocenters. The number of hydrogen-bond acceptors (Lipinski definition) is 2. The number of rotatable bonds is 6. The zero-order valence-corrected chi connectivity index (χ0v) is 22.8. The summed E-state index contributed by atoms with van der Waals surface area (Å²) in [6.07, 6.45) is 9.37. The number of allylic oxidation sites excluding steroid dienone is 1. The Morgan fingerprint density at radius 1 is 1.03 bits per heavy atom. The third-order valence-corrected chi connectivity index (χ3v) is 11.1. The van der Waals surface area contributed by atoms with Crippen molar-refractivity contribution in [2.24, 2.45) is 46.3 Å². The van der Waals surface area contributed by atoms with Crippen LogP contribution in [0.25, 0.3) is 0 Å². The van der Waals surface area contributed by atoms with E-state index in [9.17, 15) is 18.0 Å². The molecule has 0 aromatic heterocycles. The molecule has 35 heavy (non-hydrogen) atoms. The SMILES string of the molecule is CC(C)CCC[C@@H](C)[C@H]1CC[C@H]2[C@@H]3CC=C4CC(C)(OC(=O)C(F)(F)F)CC[C@]4(C)[C@H]3CC[C@]12C. The van der Waals surface area contributed by atoms with E-state index < -0.39 is 17.7 Å². The van der Waals surface area contributed by atoms with Gasteiger partial charge in [-0.05, 0) is 98.2 Å². The van der Waals surface area contributed by atoms with Crippen LogP contribution in [0, 0.1) is 46.3 Å². The Balaban J connectivity index is 1.47. The molecule has 1 unspecified atom stereocenters. The predicted molar refractivity (Wildman–Crippen MR) is 134 cm³/mol. The summed E-state index contributed by atoms with van der Waals surface area (Å²) in [7, 11) is 0. The molecule has 0 N–H and O–H groups in total. The van der Waals surface area contributed by atoms with Gasteiger partial charge in [0.15, 0.2) is 0 Å². The first kappa shape index (κ1) is 27.0. The van der Waals surface area contributed by atoms with Gasteiger partial charge in [-0.1, -0.05) is 65.5 Å². The van der Waals surface area contributed by atoms with E-state index in [0.29, 0.717) is 30.1 Å². The van der Waals surface area contributed by atoms with Gasteiger partial charge in [-0.15, -0.1) is 0 Å². The second-order valence-electron chi connectivity index (χ2n) is 13.8. The maximum atomic E-state index is 12.9. The minimum absolute atomic E-state index is 0.0232. The molecule has 2 nitrogen and oxygen atoms in total. The maximum absolute atomic E-state index is 12.9. The Morgan fingerprint density at radius 3 is 2.40 bits per heavy atom. The Kier molecular flexibility index (Phi) is 7.25. The average Bonchev–Trinajstić information content (AvgIpc) is 3.10. The molecular weight excluding hydrogens is 449 g/mol. The van der Waals surface area contributed by atoms with Crippen molar-refractivity contribution in [3.8, 4) is 0 Å². The highest BCUT2D eigenvalue weighted by molar-refractivity contribution is 5.76. The van der Waals surface area contributed by atoms with Gasteiger partial charge in [-0.2, -0.15) is 13.2 Å². The summed E-state index contributed by atoms with van der Waals surface area (Å²) in [5.74, 6) is 2.36. The van der Waals surface area contributed by atoms with E-state index in [1.54, 1.807) is 6.92 Å². The van der Waals surface area contributed by atoms with Gasteiger partial charge in [0.2, 0.25) is 0 Å². The number of halogens is 3. The monoisotopic (exact) mass is 496 g/mol. The molecule has 200 valence electrons. The first-order chi connectivity index (χ1) is 16.2. The molecule has 0 spiro atoms. The molecule has 4 aliphatic carbocycles. The molecule has 0 aromatic carbocycles. The van der Waals surface area contributed by atoms with Crippen molar-refractivity contribution in [2.75, 3.05) is 0 Å². The summed E-state index contributed by atoms with van der Waals surface area (Å²) in [5.41, 5.74) is 0.626. The first-order valence-electron chi connectivity index (χ1n) is 14.2. The summed E-state index contributed by atoms with van der Waals surface area (Å²) in [4.78, 5) is 11.6. The summed E-state index contributed by atoms with van der Waals surface area (Å²) in [5, 5.41) is 0. The highest BCUT2D eigenvalue weighted by atomic mass is 19.4. The highest BCUT2D eigenvalue weighted by Crippen LogP contribution is 2.68. The van der Waals surface area contributed by atoms with Crippen molar-refractivity contribution in [1.82, 2.24) is 0 Å². The molecule has 0 amide bonds. The van der Waals surface area contributed by atoms with E-state index in [4.69, 9.17) is 4.74 Å². The highest BCUT2D eigenvalue weighted by Gasteiger charge is 2.60. The summed E-state index contributed by atoms with van der Waals surface area (Å²) in [6, 6.07) is 0. The van der Waals surface area contributed by atoms with Crippen LogP contribution < -0.4 is 0 Å². The Hall–Kier alpha value is -1.00. The third-order valence-electron chi connectivity index (χ3n) is 11.1. The molecule has 0 heterocycles. The zero-order valence-electron chi connectivity index (χ0n) is 22.8. The molecule has 0 bridgehead atoms. The molecular formula is C30H47F3O2. The smallest absolute Gasteiger partial charge is 0.452 e. The topological polar surface area (TPSA) is 26.3 Å². The van der Waals surface area contributed by atoms with E-state index in [-0.39, 0.29) is 5.41 Å². The largest absolute Gasteiger partial charge is 0.490 e. The summed E-state index contributed by atoms with van der Waals surface area (Å²) in [6.45, 7) is 13.8. The normalized spacial score (nSPS) is 42.1. The minimum Gasteiger partial charge on any atom is -0.452 e. The van der Waals surface area contributed by atoms with Crippen molar-refractivity contribution in [2.45, 2.75) is 124 Å². The van der Waals surface area contributed by atoms with Gasteiger partial charge in [0, 0.05) is 6.42 Å². The van der Waals surface area contributed by atoms with E-state index in [2.05, 4.69) is 40.7 Å². The molecule has 0 saturated heterocycles. The molecule has 3 saturated carbocycles. The number of hydrogen-bond donors (Lipinski definition) is 0. The van der Waals surface area contributed by atoms with Crippen molar-refractivity contribution in [3.63, 3.8) is 0 Å². The average molecular weight is 497 g/mol. The number of carbonyl (C=O) groups excluding carboxylic acids is 1. The van der Waals surface area contributed by atoms with Crippen LogP contribution in [-0.2, 0) is 9.53 Å². The van der Waals surface area contributed by atoms with Crippen molar-refractivity contribution in [3.05, 3.63) is 11.6 Å². The lowest BCUT2D eigenvalue weighted by Crippen LogP contribution is -2.53. The third kappa shape index (κ3) is 4.96. The standard InChI is InChI=1S/C30H47F3O2/c1-19(2)8-7-9-20(3)23-12-13-24-22-11-10-21-18-27(4,35-26(34)30(31,32)33)16-17-28(21,5)25(22)14-15-29(23,24)6/h10,19-20,22-25H,7-9,11-18H2,1-6H3/t20-,22+,23-,24+,25+,27?,28+,29-/m1/s1. The second-order valence-corrected chi connectivity index (χ2v) is 13.8. The molecule has 0 radical (unpaired) electrons. The molecule has 4 rings (SSSR count). The fourth-order valence-corrected chi connectivity index (χ4v) is 9.19. The van der Waals surface area contributed by atoms with E-state index in [1.807, 2.05) is 0 Å². The van der Waals surface area contributed by atoms with E-state index >= 15 is 0 Å². The van der Waals surface area contributed by atoms with Gasteiger partial charge in [0.25, 0.3) is 0 Å². The maximum Gasteiger partial charge on any atom is 0.490 e. The van der Waals surface area contributed by atoms with Crippen LogP contribution in [0.2, 0.25) is 0 Å². The van der Waals surface area contributed by atoms with Crippen LogP contribution >= 0.6 is 0 Å². The molecule has 5 heteroatoms. The van der Waals surface area contributed by atoms with Gasteiger partial charge < -0.3 is 4.74 Å². The van der Waals surface area contributed by atoms with Gasteiger partial charge in [-0.3, -0.25) is 0 Å². The van der Waals surface area contributed by atoms with Gasteiger partial charge >= 0.3 is 12.1 Å². The molecule has 3 fully saturated rings. The van der Waals surface area contributed by atoms with Gasteiger partial charge in [0.1, 0.15) is 5.60 Å².